The Labute approximate surface area is 210 Å². The zero-order chi connectivity index (χ0) is 25.1. The predicted molar refractivity (Wildman–Crippen MR) is 128 cm³/mol. The van der Waals surface area contributed by atoms with Gasteiger partial charge in [-0.3, -0.25) is 4.79 Å². The Morgan fingerprint density at radius 3 is 2.53 bits per heavy atom. The summed E-state index contributed by atoms with van der Waals surface area (Å²) < 4.78 is 24.3. The van der Waals surface area contributed by atoms with E-state index < -0.39 is 30.1 Å². The third-order valence-electron chi connectivity index (χ3n) is 7.09. The minimum atomic E-state index is -0.704. The molecule has 1 amide bonds. The number of amides is 1. The van der Waals surface area contributed by atoms with Crippen LogP contribution in [0.3, 0.4) is 0 Å². The van der Waals surface area contributed by atoms with Gasteiger partial charge in [0.2, 0.25) is 5.91 Å². The summed E-state index contributed by atoms with van der Waals surface area (Å²) in [6.45, 7) is 0.0220. The average Bonchev–Trinajstić information content (AvgIpc) is 3.82. The Balaban J connectivity index is 1.37. The molecule has 1 heterocycles. The molecule has 1 aromatic carbocycles. The van der Waals surface area contributed by atoms with Crippen LogP contribution in [0.1, 0.15) is 48.0 Å². The SMILES string of the molecule is O=C(NCCO)C1=C[C@H]2OC(C3CC3)(C3CC3)O[C@H]2[C@H](OC(=O)c2ccccc2C=COCCO)C1. The van der Waals surface area contributed by atoms with Gasteiger partial charge in [-0.2, -0.15) is 0 Å². The van der Waals surface area contributed by atoms with Gasteiger partial charge in [-0.05, 0) is 49.5 Å². The largest absolute Gasteiger partial charge is 0.499 e. The van der Waals surface area contributed by atoms with Crippen LogP contribution in [0.4, 0.5) is 0 Å². The van der Waals surface area contributed by atoms with Gasteiger partial charge >= 0.3 is 5.97 Å². The summed E-state index contributed by atoms with van der Waals surface area (Å²) in [7, 11) is 0. The van der Waals surface area contributed by atoms with Gasteiger partial charge < -0.3 is 34.5 Å². The number of carbonyl (C=O) groups is 2. The highest BCUT2D eigenvalue weighted by Crippen LogP contribution is 2.59. The van der Waals surface area contributed by atoms with Crippen molar-refractivity contribution in [2.24, 2.45) is 11.8 Å². The lowest BCUT2D eigenvalue weighted by Gasteiger charge is -2.31. The van der Waals surface area contributed by atoms with Crippen LogP contribution in [0.15, 0.2) is 42.2 Å². The normalized spacial score (nSPS) is 26.8. The van der Waals surface area contributed by atoms with E-state index in [-0.39, 0.29) is 38.7 Å². The Morgan fingerprint density at radius 1 is 1.08 bits per heavy atom. The van der Waals surface area contributed by atoms with E-state index >= 15 is 0 Å². The van der Waals surface area contributed by atoms with Crippen LogP contribution in [-0.4, -0.2) is 72.6 Å². The van der Waals surface area contributed by atoms with Crippen molar-refractivity contribution in [1.82, 2.24) is 5.32 Å². The first-order valence-electron chi connectivity index (χ1n) is 12.7. The fraction of sp³-hybridized carbons (Fsp3) is 0.556. The second-order valence-electron chi connectivity index (χ2n) is 9.74. The van der Waals surface area contributed by atoms with Crippen LogP contribution in [0, 0.1) is 11.8 Å². The van der Waals surface area contributed by atoms with Gasteiger partial charge in [-0.25, -0.2) is 4.79 Å². The highest BCUT2D eigenvalue weighted by atomic mass is 16.8. The Kier molecular flexibility index (Phi) is 7.43. The van der Waals surface area contributed by atoms with E-state index in [2.05, 4.69) is 5.32 Å². The number of nitrogens with one attached hydrogen (secondary N) is 1. The quantitative estimate of drug-likeness (QED) is 0.240. The molecule has 3 N–H and O–H groups in total. The van der Waals surface area contributed by atoms with E-state index in [1.54, 1.807) is 36.4 Å². The molecular formula is C27H33NO8. The first-order valence-corrected chi connectivity index (χ1v) is 12.7. The molecule has 5 rings (SSSR count). The Hall–Kier alpha value is -2.72. The van der Waals surface area contributed by atoms with Crippen molar-refractivity contribution >= 4 is 18.0 Å². The fourth-order valence-electron chi connectivity index (χ4n) is 5.12. The molecule has 0 unspecified atom stereocenters. The highest BCUT2D eigenvalue weighted by molar-refractivity contribution is 5.95. The predicted octanol–water partition coefficient (Wildman–Crippen LogP) is 1.93. The summed E-state index contributed by atoms with van der Waals surface area (Å²) >= 11 is 0. The third-order valence-corrected chi connectivity index (χ3v) is 7.09. The maximum absolute atomic E-state index is 13.3. The molecule has 0 spiro atoms. The number of aliphatic hydroxyl groups is 2. The standard InChI is InChI=1S/C27H33NO8/c29-11-10-28-25(31)18-15-22(24-23(16-18)35-27(36-24,19-5-6-19)20-7-8-20)34-26(32)21-4-2-1-3-17(21)9-13-33-14-12-30/h1-4,9,13,16,19-20,22-24,29-30H,5-8,10-12,14-15H2,(H,28,31)/t22-,23-,24+/m1/s1. The topological polar surface area (TPSA) is 124 Å². The molecule has 36 heavy (non-hydrogen) atoms. The van der Waals surface area contributed by atoms with Crippen molar-refractivity contribution in [3.05, 3.63) is 53.3 Å². The second kappa shape index (κ2) is 10.7. The number of aliphatic hydroxyl groups excluding tert-OH is 2. The van der Waals surface area contributed by atoms with Crippen LogP contribution in [0.2, 0.25) is 0 Å². The fourth-order valence-corrected chi connectivity index (χ4v) is 5.12. The molecule has 9 nitrogen and oxygen atoms in total. The Bertz CT molecular complexity index is 1020. The van der Waals surface area contributed by atoms with Crippen molar-refractivity contribution in [1.29, 1.82) is 0 Å². The van der Waals surface area contributed by atoms with Crippen molar-refractivity contribution in [3.63, 3.8) is 0 Å². The molecule has 0 radical (unpaired) electrons. The van der Waals surface area contributed by atoms with Gasteiger partial charge in [-0.15, -0.1) is 0 Å². The lowest BCUT2D eigenvalue weighted by Crippen LogP contribution is -2.44. The summed E-state index contributed by atoms with van der Waals surface area (Å²) in [6.07, 6.45) is 7.55. The van der Waals surface area contributed by atoms with Crippen molar-refractivity contribution in [2.75, 3.05) is 26.4 Å². The second-order valence-corrected chi connectivity index (χ2v) is 9.74. The molecule has 9 heteroatoms. The first-order chi connectivity index (χ1) is 17.6. The van der Waals surface area contributed by atoms with Gasteiger partial charge in [-0.1, -0.05) is 18.2 Å². The molecule has 3 aliphatic carbocycles. The minimum Gasteiger partial charge on any atom is -0.499 e. The molecule has 4 aliphatic rings. The molecule has 1 aliphatic heterocycles. The molecule has 3 fully saturated rings. The summed E-state index contributed by atoms with van der Waals surface area (Å²) in [6, 6.07) is 7.00. The van der Waals surface area contributed by atoms with E-state index in [0.717, 1.165) is 25.7 Å². The average molecular weight is 500 g/mol. The number of carbonyl (C=O) groups excluding carboxylic acids is 2. The first kappa shape index (κ1) is 25.0. The summed E-state index contributed by atoms with van der Waals surface area (Å²) in [5, 5.41) is 20.7. The Morgan fingerprint density at radius 2 is 1.83 bits per heavy atom. The number of benzene rings is 1. The van der Waals surface area contributed by atoms with Gasteiger partial charge in [0.05, 0.1) is 25.0 Å². The van der Waals surface area contributed by atoms with E-state index in [9.17, 15) is 9.59 Å². The maximum atomic E-state index is 13.3. The molecule has 194 valence electrons. The molecule has 3 atom stereocenters. The lowest BCUT2D eigenvalue weighted by molar-refractivity contribution is -0.209. The van der Waals surface area contributed by atoms with Gasteiger partial charge in [0.25, 0.3) is 0 Å². The highest BCUT2D eigenvalue weighted by Gasteiger charge is 2.64. The number of fused-ring (bicyclic) bond motifs is 1. The lowest BCUT2D eigenvalue weighted by atomic mass is 9.91. The summed E-state index contributed by atoms with van der Waals surface area (Å²) in [4.78, 5) is 26.1. The molecule has 0 bridgehead atoms. The number of rotatable bonds is 11. The van der Waals surface area contributed by atoms with Crippen LogP contribution in [0.5, 0.6) is 0 Å². The number of ether oxygens (including phenoxy) is 4. The molecular weight excluding hydrogens is 466 g/mol. The van der Waals surface area contributed by atoms with E-state index in [1.165, 1.54) is 6.26 Å². The zero-order valence-electron chi connectivity index (χ0n) is 20.1. The molecule has 0 aromatic heterocycles. The minimum absolute atomic E-state index is 0.106. The van der Waals surface area contributed by atoms with Gasteiger partial charge in [0.15, 0.2) is 5.79 Å². The maximum Gasteiger partial charge on any atom is 0.339 e. The third kappa shape index (κ3) is 5.20. The zero-order valence-corrected chi connectivity index (χ0v) is 20.1. The van der Waals surface area contributed by atoms with E-state index in [4.69, 9.17) is 29.2 Å². The smallest absolute Gasteiger partial charge is 0.339 e. The molecule has 1 saturated heterocycles. The monoisotopic (exact) mass is 499 g/mol. The molecule has 1 aromatic rings. The number of hydrogen-bond donors (Lipinski definition) is 3. The summed E-state index contributed by atoms with van der Waals surface area (Å²) in [5.41, 5.74) is 1.42. The van der Waals surface area contributed by atoms with Crippen molar-refractivity contribution < 1.29 is 38.7 Å². The van der Waals surface area contributed by atoms with Crippen LogP contribution < -0.4 is 5.32 Å². The number of esters is 1. The van der Waals surface area contributed by atoms with Crippen LogP contribution in [0.25, 0.3) is 6.08 Å². The van der Waals surface area contributed by atoms with E-state index in [0.29, 0.717) is 28.5 Å². The molecule has 2 saturated carbocycles. The van der Waals surface area contributed by atoms with Crippen LogP contribution in [-0.2, 0) is 23.7 Å². The van der Waals surface area contributed by atoms with Crippen molar-refractivity contribution in [3.8, 4) is 0 Å². The number of hydrogen-bond acceptors (Lipinski definition) is 8. The summed E-state index contributed by atoms with van der Waals surface area (Å²) in [5.74, 6) is -0.851. The van der Waals surface area contributed by atoms with E-state index in [1.807, 2.05) is 0 Å². The van der Waals surface area contributed by atoms with Crippen molar-refractivity contribution in [2.45, 2.75) is 56.2 Å². The van der Waals surface area contributed by atoms with Gasteiger partial charge in [0, 0.05) is 30.4 Å². The van der Waals surface area contributed by atoms with Crippen LogP contribution >= 0.6 is 0 Å². The van der Waals surface area contributed by atoms with Gasteiger partial charge in [0.1, 0.15) is 24.9 Å².